The highest BCUT2D eigenvalue weighted by molar-refractivity contribution is 5.34. The van der Waals surface area contributed by atoms with Crippen molar-refractivity contribution in [2.45, 2.75) is 24.6 Å². The Kier molecular flexibility index (Phi) is 4.01. The van der Waals surface area contributed by atoms with Crippen LogP contribution in [-0.4, -0.2) is 31.3 Å². The van der Waals surface area contributed by atoms with Crippen LogP contribution in [0.3, 0.4) is 0 Å². The summed E-state index contributed by atoms with van der Waals surface area (Å²) >= 11 is 0. The number of hydrogen-bond acceptors (Lipinski definition) is 3. The van der Waals surface area contributed by atoms with Gasteiger partial charge < -0.3 is 14.6 Å². The highest BCUT2D eigenvalue weighted by Gasteiger charge is 2.35. The van der Waals surface area contributed by atoms with Crippen LogP contribution in [0.1, 0.15) is 18.4 Å². The molecule has 3 nitrogen and oxygen atoms in total. The zero-order valence-electron chi connectivity index (χ0n) is 10.2. The number of hydrogen-bond donors (Lipinski definition) is 1. The van der Waals surface area contributed by atoms with Crippen molar-refractivity contribution in [2.24, 2.45) is 0 Å². The maximum Gasteiger partial charge on any atom is 0.573 e. The number of rotatable bonds is 3. The van der Waals surface area contributed by atoms with E-state index in [9.17, 15) is 18.3 Å². The molecule has 0 atom stereocenters. The van der Waals surface area contributed by atoms with Crippen LogP contribution >= 0.6 is 0 Å². The van der Waals surface area contributed by atoms with Crippen molar-refractivity contribution in [1.29, 1.82) is 0 Å². The lowest BCUT2D eigenvalue weighted by molar-refractivity contribution is -0.274. The van der Waals surface area contributed by atoms with Crippen LogP contribution in [0.5, 0.6) is 5.75 Å². The monoisotopic (exact) mass is 276 g/mol. The van der Waals surface area contributed by atoms with Crippen molar-refractivity contribution in [1.82, 2.24) is 0 Å². The molecule has 106 valence electrons. The van der Waals surface area contributed by atoms with Gasteiger partial charge in [-0.2, -0.15) is 0 Å². The van der Waals surface area contributed by atoms with Gasteiger partial charge in [0.2, 0.25) is 0 Å². The Balaban J connectivity index is 2.26. The molecule has 0 unspecified atom stereocenters. The molecule has 1 fully saturated rings. The van der Waals surface area contributed by atoms with Gasteiger partial charge >= 0.3 is 6.36 Å². The van der Waals surface area contributed by atoms with E-state index in [1.165, 1.54) is 18.2 Å². The van der Waals surface area contributed by atoms with Crippen LogP contribution in [0.15, 0.2) is 24.3 Å². The van der Waals surface area contributed by atoms with E-state index in [-0.39, 0.29) is 12.4 Å². The molecule has 0 radical (unpaired) electrons. The molecule has 1 aliphatic rings. The minimum Gasteiger partial charge on any atom is -0.406 e. The molecule has 1 aliphatic heterocycles. The number of aliphatic hydroxyl groups excluding tert-OH is 1. The summed E-state index contributed by atoms with van der Waals surface area (Å²) in [5.74, 6) is -0.260. The van der Waals surface area contributed by atoms with Gasteiger partial charge in [0.05, 0.1) is 6.61 Å². The highest BCUT2D eigenvalue weighted by atomic mass is 19.4. The standard InChI is InChI=1S/C13H15F3O3/c14-13(15,16)19-11-3-1-2-10(8-11)12(9-17)4-6-18-7-5-12/h1-3,8,17H,4-7,9H2. The van der Waals surface area contributed by atoms with E-state index in [2.05, 4.69) is 4.74 Å². The van der Waals surface area contributed by atoms with Crippen LogP contribution in [0.25, 0.3) is 0 Å². The lowest BCUT2D eigenvalue weighted by atomic mass is 9.75. The van der Waals surface area contributed by atoms with Crippen LogP contribution in [-0.2, 0) is 10.2 Å². The van der Waals surface area contributed by atoms with Gasteiger partial charge in [0, 0.05) is 18.6 Å². The Hall–Kier alpha value is -1.27. The van der Waals surface area contributed by atoms with Crippen molar-refractivity contribution in [3.05, 3.63) is 29.8 Å². The van der Waals surface area contributed by atoms with Gasteiger partial charge in [-0.3, -0.25) is 0 Å². The van der Waals surface area contributed by atoms with E-state index >= 15 is 0 Å². The number of ether oxygens (including phenoxy) is 2. The van der Waals surface area contributed by atoms with Crippen LogP contribution in [0.2, 0.25) is 0 Å². The second-order valence-electron chi connectivity index (χ2n) is 4.63. The molecular formula is C13H15F3O3. The Labute approximate surface area is 108 Å². The Bertz CT molecular complexity index is 425. The molecule has 1 aromatic carbocycles. The quantitative estimate of drug-likeness (QED) is 0.922. The molecule has 6 heteroatoms. The lowest BCUT2D eigenvalue weighted by Crippen LogP contribution is -2.37. The minimum absolute atomic E-state index is 0.119. The van der Waals surface area contributed by atoms with E-state index < -0.39 is 11.8 Å². The lowest BCUT2D eigenvalue weighted by Gasteiger charge is -2.36. The van der Waals surface area contributed by atoms with Gasteiger partial charge in [-0.25, -0.2) is 0 Å². The van der Waals surface area contributed by atoms with Gasteiger partial charge in [0.25, 0.3) is 0 Å². The van der Waals surface area contributed by atoms with E-state index in [4.69, 9.17) is 4.74 Å². The fraction of sp³-hybridized carbons (Fsp3) is 0.538. The van der Waals surface area contributed by atoms with E-state index in [1.807, 2.05) is 0 Å². The van der Waals surface area contributed by atoms with Gasteiger partial charge in [-0.15, -0.1) is 13.2 Å². The van der Waals surface area contributed by atoms with Crippen molar-refractivity contribution in [3.8, 4) is 5.75 Å². The summed E-state index contributed by atoms with van der Waals surface area (Å²) in [5, 5.41) is 9.60. The van der Waals surface area contributed by atoms with E-state index in [0.717, 1.165) is 0 Å². The fourth-order valence-corrected chi connectivity index (χ4v) is 2.32. The Morgan fingerprint density at radius 1 is 1.26 bits per heavy atom. The van der Waals surface area contributed by atoms with Crippen molar-refractivity contribution >= 4 is 0 Å². The third kappa shape index (κ3) is 3.39. The first-order chi connectivity index (χ1) is 8.95. The van der Waals surface area contributed by atoms with Crippen LogP contribution in [0, 0.1) is 0 Å². The van der Waals surface area contributed by atoms with Gasteiger partial charge in [-0.05, 0) is 30.5 Å². The van der Waals surface area contributed by atoms with Gasteiger partial charge in [-0.1, -0.05) is 12.1 Å². The van der Waals surface area contributed by atoms with Crippen molar-refractivity contribution in [2.75, 3.05) is 19.8 Å². The molecular weight excluding hydrogens is 261 g/mol. The summed E-state index contributed by atoms with van der Waals surface area (Å²) in [6.45, 7) is 0.863. The van der Waals surface area contributed by atoms with E-state index in [0.29, 0.717) is 31.6 Å². The molecule has 1 saturated heterocycles. The molecule has 19 heavy (non-hydrogen) atoms. The smallest absolute Gasteiger partial charge is 0.406 e. The molecule has 2 rings (SSSR count). The predicted octanol–water partition coefficient (Wildman–Crippen LogP) is 2.63. The average molecular weight is 276 g/mol. The third-order valence-electron chi connectivity index (χ3n) is 3.43. The second-order valence-corrected chi connectivity index (χ2v) is 4.63. The first-order valence-electron chi connectivity index (χ1n) is 6.00. The third-order valence-corrected chi connectivity index (χ3v) is 3.43. The number of halogens is 3. The van der Waals surface area contributed by atoms with Gasteiger partial charge in [0.15, 0.2) is 0 Å². The molecule has 1 aromatic rings. The zero-order valence-corrected chi connectivity index (χ0v) is 10.2. The molecule has 1 N–H and O–H groups in total. The molecule has 0 saturated carbocycles. The molecule has 0 spiro atoms. The normalized spacial score (nSPS) is 19.2. The number of alkyl halides is 3. The fourth-order valence-electron chi connectivity index (χ4n) is 2.32. The van der Waals surface area contributed by atoms with Crippen LogP contribution < -0.4 is 4.74 Å². The molecule has 0 aromatic heterocycles. The Morgan fingerprint density at radius 2 is 1.95 bits per heavy atom. The molecule has 0 bridgehead atoms. The largest absolute Gasteiger partial charge is 0.573 e. The summed E-state index contributed by atoms with van der Waals surface area (Å²) in [6.07, 6.45) is -3.54. The highest BCUT2D eigenvalue weighted by Crippen LogP contribution is 2.36. The average Bonchev–Trinajstić information content (AvgIpc) is 2.38. The SMILES string of the molecule is OCC1(c2cccc(OC(F)(F)F)c2)CCOCC1. The number of aliphatic hydroxyl groups is 1. The summed E-state index contributed by atoms with van der Waals surface area (Å²) in [4.78, 5) is 0. The molecule has 1 heterocycles. The summed E-state index contributed by atoms with van der Waals surface area (Å²) in [7, 11) is 0. The maximum atomic E-state index is 12.2. The topological polar surface area (TPSA) is 38.7 Å². The maximum absolute atomic E-state index is 12.2. The first-order valence-corrected chi connectivity index (χ1v) is 6.00. The molecule has 0 amide bonds. The summed E-state index contributed by atoms with van der Waals surface area (Å²) in [6, 6.07) is 5.81. The zero-order chi connectivity index (χ0) is 13.9. The van der Waals surface area contributed by atoms with Gasteiger partial charge in [0.1, 0.15) is 5.75 Å². The second kappa shape index (κ2) is 5.38. The Morgan fingerprint density at radius 3 is 2.53 bits per heavy atom. The van der Waals surface area contributed by atoms with E-state index in [1.54, 1.807) is 6.07 Å². The first kappa shape index (κ1) is 14.1. The summed E-state index contributed by atoms with van der Waals surface area (Å²) in [5.41, 5.74) is 0.114. The van der Waals surface area contributed by atoms with Crippen molar-refractivity contribution in [3.63, 3.8) is 0 Å². The van der Waals surface area contributed by atoms with Crippen molar-refractivity contribution < 1.29 is 27.8 Å². The molecule has 0 aliphatic carbocycles. The minimum atomic E-state index is -4.71. The number of benzene rings is 1. The van der Waals surface area contributed by atoms with Crippen LogP contribution in [0.4, 0.5) is 13.2 Å². The predicted molar refractivity (Wildman–Crippen MR) is 61.9 cm³/mol. The summed E-state index contributed by atoms with van der Waals surface area (Å²) < 4.78 is 45.7.